The Morgan fingerprint density at radius 3 is 2.35 bits per heavy atom. The lowest BCUT2D eigenvalue weighted by Gasteiger charge is -2.39. The van der Waals surface area contributed by atoms with Crippen molar-refractivity contribution < 1.29 is 0 Å². The molecule has 0 aliphatic heterocycles. The molecular weight excluding hydrogens is 242 g/mol. The first-order valence-corrected chi connectivity index (χ1v) is 8.27. The number of hydrogen-bond acceptors (Lipinski definition) is 1. The standard InChI is InChI=1S/C19H31N/c1-6-19(4,5)16-10-12-17(13-11-16)20-18-9-7-8-14(2)15(18)3/h7-9,16-17,20H,6,10-13H2,1-5H3. The highest BCUT2D eigenvalue weighted by Gasteiger charge is 2.31. The second-order valence-electron chi connectivity index (χ2n) is 7.28. The fourth-order valence-electron chi connectivity index (χ4n) is 3.44. The Hall–Kier alpha value is -0.980. The normalized spacial score (nSPS) is 23.6. The van der Waals surface area contributed by atoms with Gasteiger partial charge in [0.15, 0.2) is 0 Å². The van der Waals surface area contributed by atoms with Crippen LogP contribution in [0.2, 0.25) is 0 Å². The summed E-state index contributed by atoms with van der Waals surface area (Å²) in [5, 5.41) is 3.78. The quantitative estimate of drug-likeness (QED) is 0.741. The number of nitrogens with one attached hydrogen (secondary N) is 1. The molecule has 0 aromatic heterocycles. The lowest BCUT2D eigenvalue weighted by Crippen LogP contribution is -2.32. The molecule has 20 heavy (non-hydrogen) atoms. The van der Waals surface area contributed by atoms with Crippen LogP contribution in [0, 0.1) is 25.2 Å². The van der Waals surface area contributed by atoms with Crippen molar-refractivity contribution in [3.05, 3.63) is 29.3 Å². The molecule has 1 aliphatic rings. The zero-order valence-electron chi connectivity index (χ0n) is 13.9. The topological polar surface area (TPSA) is 12.0 Å². The maximum absolute atomic E-state index is 3.78. The van der Waals surface area contributed by atoms with Crippen molar-refractivity contribution in [3.63, 3.8) is 0 Å². The molecule has 1 fully saturated rings. The van der Waals surface area contributed by atoms with E-state index in [2.05, 4.69) is 58.1 Å². The van der Waals surface area contributed by atoms with Crippen LogP contribution in [0.25, 0.3) is 0 Å². The predicted molar refractivity (Wildman–Crippen MR) is 89.4 cm³/mol. The van der Waals surface area contributed by atoms with Gasteiger partial charge in [-0.25, -0.2) is 0 Å². The monoisotopic (exact) mass is 273 g/mol. The molecule has 1 aliphatic carbocycles. The number of hydrogen-bond donors (Lipinski definition) is 1. The van der Waals surface area contributed by atoms with Gasteiger partial charge in [-0.15, -0.1) is 0 Å². The Morgan fingerprint density at radius 1 is 1.10 bits per heavy atom. The fraction of sp³-hybridized carbons (Fsp3) is 0.684. The summed E-state index contributed by atoms with van der Waals surface area (Å²) >= 11 is 0. The van der Waals surface area contributed by atoms with Crippen LogP contribution in [0.5, 0.6) is 0 Å². The van der Waals surface area contributed by atoms with Gasteiger partial charge in [-0.2, -0.15) is 0 Å². The molecule has 0 amide bonds. The van der Waals surface area contributed by atoms with Crippen LogP contribution in [-0.4, -0.2) is 6.04 Å². The van der Waals surface area contributed by atoms with Gasteiger partial charge in [0.1, 0.15) is 0 Å². The molecule has 112 valence electrons. The second-order valence-corrected chi connectivity index (χ2v) is 7.28. The third kappa shape index (κ3) is 3.37. The zero-order chi connectivity index (χ0) is 14.8. The van der Waals surface area contributed by atoms with E-state index in [-0.39, 0.29) is 0 Å². The van der Waals surface area contributed by atoms with E-state index < -0.39 is 0 Å². The summed E-state index contributed by atoms with van der Waals surface area (Å²) < 4.78 is 0. The largest absolute Gasteiger partial charge is 0.382 e. The summed E-state index contributed by atoms with van der Waals surface area (Å²) in [6.07, 6.45) is 6.70. The van der Waals surface area contributed by atoms with E-state index >= 15 is 0 Å². The van der Waals surface area contributed by atoms with Crippen molar-refractivity contribution in [1.29, 1.82) is 0 Å². The molecule has 0 spiro atoms. The Morgan fingerprint density at radius 2 is 1.75 bits per heavy atom. The van der Waals surface area contributed by atoms with Crippen molar-refractivity contribution >= 4 is 5.69 Å². The maximum atomic E-state index is 3.78. The molecule has 0 unspecified atom stereocenters. The van der Waals surface area contributed by atoms with Gasteiger partial charge in [-0.1, -0.05) is 39.3 Å². The average Bonchev–Trinajstić information content (AvgIpc) is 2.44. The van der Waals surface area contributed by atoms with Crippen molar-refractivity contribution in [1.82, 2.24) is 0 Å². The van der Waals surface area contributed by atoms with E-state index in [0.717, 1.165) is 5.92 Å². The van der Waals surface area contributed by atoms with Crippen LogP contribution in [-0.2, 0) is 0 Å². The third-order valence-corrected chi connectivity index (χ3v) is 5.71. The first-order valence-electron chi connectivity index (χ1n) is 8.27. The van der Waals surface area contributed by atoms with Gasteiger partial charge in [0.2, 0.25) is 0 Å². The first-order chi connectivity index (χ1) is 9.44. The van der Waals surface area contributed by atoms with E-state index in [1.165, 1.54) is 48.9 Å². The molecule has 0 atom stereocenters. The van der Waals surface area contributed by atoms with Gasteiger partial charge in [-0.3, -0.25) is 0 Å². The highest BCUT2D eigenvalue weighted by molar-refractivity contribution is 5.54. The fourth-order valence-corrected chi connectivity index (χ4v) is 3.44. The molecule has 0 bridgehead atoms. The Balaban J connectivity index is 1.93. The Kier molecular flexibility index (Phi) is 4.78. The van der Waals surface area contributed by atoms with Gasteiger partial charge in [0, 0.05) is 11.7 Å². The first kappa shape index (κ1) is 15.4. The van der Waals surface area contributed by atoms with Gasteiger partial charge >= 0.3 is 0 Å². The van der Waals surface area contributed by atoms with Crippen LogP contribution in [0.1, 0.15) is 64.0 Å². The summed E-state index contributed by atoms with van der Waals surface area (Å²) in [4.78, 5) is 0. The molecule has 2 rings (SSSR count). The van der Waals surface area contributed by atoms with Gasteiger partial charge in [0.25, 0.3) is 0 Å². The summed E-state index contributed by atoms with van der Waals surface area (Å²) in [5.74, 6) is 0.907. The van der Waals surface area contributed by atoms with Crippen LogP contribution < -0.4 is 5.32 Å². The molecule has 1 aromatic carbocycles. The highest BCUT2D eigenvalue weighted by Crippen LogP contribution is 2.41. The second kappa shape index (κ2) is 6.20. The molecule has 0 radical (unpaired) electrons. The molecule has 1 aromatic rings. The van der Waals surface area contributed by atoms with Crippen LogP contribution in [0.15, 0.2) is 18.2 Å². The van der Waals surface area contributed by atoms with Crippen LogP contribution >= 0.6 is 0 Å². The molecular formula is C19H31N. The third-order valence-electron chi connectivity index (χ3n) is 5.71. The van der Waals surface area contributed by atoms with Gasteiger partial charge in [-0.05, 0) is 68.1 Å². The highest BCUT2D eigenvalue weighted by atomic mass is 14.9. The van der Waals surface area contributed by atoms with Crippen molar-refractivity contribution in [2.45, 2.75) is 72.8 Å². The molecule has 0 saturated heterocycles. The SMILES string of the molecule is CCC(C)(C)C1CCC(Nc2cccc(C)c2C)CC1. The smallest absolute Gasteiger partial charge is 0.0374 e. The summed E-state index contributed by atoms with van der Waals surface area (Å²) in [6.45, 7) is 11.6. The van der Waals surface area contributed by atoms with Crippen molar-refractivity contribution in [3.8, 4) is 0 Å². The number of benzene rings is 1. The Bertz CT molecular complexity index is 439. The minimum absolute atomic E-state index is 0.518. The molecule has 1 N–H and O–H groups in total. The van der Waals surface area contributed by atoms with E-state index in [9.17, 15) is 0 Å². The summed E-state index contributed by atoms with van der Waals surface area (Å²) in [5.41, 5.74) is 4.65. The summed E-state index contributed by atoms with van der Waals surface area (Å²) in [6, 6.07) is 7.25. The maximum Gasteiger partial charge on any atom is 0.0374 e. The zero-order valence-corrected chi connectivity index (χ0v) is 13.9. The Labute approximate surface area is 125 Å². The van der Waals surface area contributed by atoms with E-state index in [4.69, 9.17) is 0 Å². The van der Waals surface area contributed by atoms with E-state index in [1.54, 1.807) is 0 Å². The number of aryl methyl sites for hydroxylation is 1. The lowest BCUT2D eigenvalue weighted by molar-refractivity contribution is 0.147. The van der Waals surface area contributed by atoms with E-state index in [0.29, 0.717) is 11.5 Å². The van der Waals surface area contributed by atoms with Gasteiger partial charge in [0.05, 0.1) is 0 Å². The van der Waals surface area contributed by atoms with Gasteiger partial charge < -0.3 is 5.32 Å². The number of rotatable bonds is 4. The molecule has 1 nitrogen and oxygen atoms in total. The predicted octanol–water partition coefficient (Wildman–Crippen LogP) is 5.71. The summed E-state index contributed by atoms with van der Waals surface area (Å²) in [7, 11) is 0. The van der Waals surface area contributed by atoms with E-state index in [1.807, 2.05) is 0 Å². The number of anilines is 1. The molecule has 1 saturated carbocycles. The lowest BCUT2D eigenvalue weighted by atomic mass is 9.69. The minimum atomic E-state index is 0.518. The van der Waals surface area contributed by atoms with Crippen molar-refractivity contribution in [2.24, 2.45) is 11.3 Å². The average molecular weight is 273 g/mol. The van der Waals surface area contributed by atoms with Crippen LogP contribution in [0.3, 0.4) is 0 Å². The van der Waals surface area contributed by atoms with Crippen LogP contribution in [0.4, 0.5) is 5.69 Å². The molecule has 1 heteroatoms. The van der Waals surface area contributed by atoms with Crippen molar-refractivity contribution in [2.75, 3.05) is 5.32 Å². The molecule has 0 heterocycles. The minimum Gasteiger partial charge on any atom is -0.382 e.